The van der Waals surface area contributed by atoms with E-state index in [4.69, 9.17) is 32.7 Å². The van der Waals surface area contributed by atoms with E-state index in [9.17, 15) is 0 Å². The fraction of sp³-hybridized carbons (Fsp3) is 0.389. The highest BCUT2D eigenvalue weighted by atomic mass is 35.5. The molecule has 2 aromatic rings. The van der Waals surface area contributed by atoms with E-state index in [1.807, 2.05) is 42.8 Å². The summed E-state index contributed by atoms with van der Waals surface area (Å²) in [6, 6.07) is 7.67. The van der Waals surface area contributed by atoms with Gasteiger partial charge >= 0.3 is 0 Å². The van der Waals surface area contributed by atoms with E-state index >= 15 is 0 Å². The summed E-state index contributed by atoms with van der Waals surface area (Å²) in [6.07, 6.45) is 0. The SMILES string of the molecule is CCOc1cc(CNC(=NC)NCc2cc(Cl)c(Cl)n2C)ccc1OC. The lowest BCUT2D eigenvalue weighted by Crippen LogP contribution is -2.36. The summed E-state index contributed by atoms with van der Waals surface area (Å²) in [5.74, 6) is 2.12. The Labute approximate surface area is 164 Å². The van der Waals surface area contributed by atoms with Gasteiger partial charge in [-0.3, -0.25) is 4.99 Å². The summed E-state index contributed by atoms with van der Waals surface area (Å²) >= 11 is 12.1. The molecule has 0 aliphatic carbocycles. The zero-order valence-electron chi connectivity index (χ0n) is 15.4. The largest absolute Gasteiger partial charge is 0.493 e. The van der Waals surface area contributed by atoms with Crippen molar-refractivity contribution in [1.29, 1.82) is 0 Å². The van der Waals surface area contributed by atoms with Crippen molar-refractivity contribution < 1.29 is 9.47 Å². The first-order chi connectivity index (χ1) is 12.5. The molecule has 2 rings (SSSR count). The van der Waals surface area contributed by atoms with Crippen molar-refractivity contribution in [3.05, 3.63) is 45.7 Å². The lowest BCUT2D eigenvalue weighted by atomic mass is 10.2. The molecule has 2 N–H and O–H groups in total. The number of ether oxygens (including phenoxy) is 2. The number of methoxy groups -OCH3 is 1. The van der Waals surface area contributed by atoms with E-state index < -0.39 is 0 Å². The first kappa shape index (κ1) is 20.3. The van der Waals surface area contributed by atoms with Crippen LogP contribution in [0, 0.1) is 0 Å². The third kappa shape index (κ3) is 4.99. The summed E-state index contributed by atoms with van der Waals surface area (Å²) in [5, 5.41) is 7.57. The van der Waals surface area contributed by atoms with E-state index in [0.29, 0.717) is 35.8 Å². The predicted octanol–water partition coefficient (Wildman–Crippen LogP) is 3.60. The average Bonchev–Trinajstić information content (AvgIpc) is 2.89. The summed E-state index contributed by atoms with van der Waals surface area (Å²) in [6.45, 7) is 3.67. The molecule has 0 aliphatic heterocycles. The maximum Gasteiger partial charge on any atom is 0.191 e. The lowest BCUT2D eigenvalue weighted by molar-refractivity contribution is 0.310. The third-order valence-corrected chi connectivity index (χ3v) is 4.71. The van der Waals surface area contributed by atoms with Gasteiger partial charge in [-0.05, 0) is 30.7 Å². The molecule has 1 aromatic heterocycles. The van der Waals surface area contributed by atoms with Crippen molar-refractivity contribution in [1.82, 2.24) is 15.2 Å². The zero-order chi connectivity index (χ0) is 19.1. The Morgan fingerprint density at radius 2 is 1.88 bits per heavy atom. The highest BCUT2D eigenvalue weighted by molar-refractivity contribution is 6.41. The molecule has 1 heterocycles. The van der Waals surface area contributed by atoms with Crippen LogP contribution >= 0.6 is 23.2 Å². The molecule has 0 aliphatic rings. The van der Waals surface area contributed by atoms with Gasteiger partial charge in [0.25, 0.3) is 0 Å². The van der Waals surface area contributed by atoms with E-state index in [1.54, 1.807) is 14.2 Å². The van der Waals surface area contributed by atoms with Gasteiger partial charge in [-0.2, -0.15) is 0 Å². The molecule has 0 saturated heterocycles. The number of benzene rings is 1. The second-order valence-electron chi connectivity index (χ2n) is 5.53. The molecule has 6 nitrogen and oxygen atoms in total. The maximum atomic E-state index is 6.09. The van der Waals surface area contributed by atoms with Crippen LogP contribution < -0.4 is 20.1 Å². The molecular formula is C18H24Cl2N4O2. The van der Waals surface area contributed by atoms with E-state index in [2.05, 4.69) is 15.6 Å². The van der Waals surface area contributed by atoms with Gasteiger partial charge in [-0.25, -0.2) is 0 Å². The summed E-state index contributed by atoms with van der Waals surface area (Å²) in [7, 11) is 5.22. The molecule has 142 valence electrons. The van der Waals surface area contributed by atoms with Crippen molar-refractivity contribution in [3.8, 4) is 11.5 Å². The Balaban J connectivity index is 1.96. The van der Waals surface area contributed by atoms with Crippen molar-refractivity contribution in [2.75, 3.05) is 20.8 Å². The van der Waals surface area contributed by atoms with Crippen molar-refractivity contribution in [2.45, 2.75) is 20.0 Å². The number of rotatable bonds is 7. The summed E-state index contributed by atoms with van der Waals surface area (Å²) in [4.78, 5) is 4.23. The Morgan fingerprint density at radius 3 is 2.46 bits per heavy atom. The minimum Gasteiger partial charge on any atom is -0.493 e. The number of aliphatic imine (C=N–C) groups is 1. The van der Waals surface area contributed by atoms with Crippen molar-refractivity contribution in [2.24, 2.45) is 12.0 Å². The van der Waals surface area contributed by atoms with Crippen LogP contribution in [0.15, 0.2) is 29.3 Å². The molecule has 0 atom stereocenters. The number of hydrogen-bond acceptors (Lipinski definition) is 3. The molecule has 26 heavy (non-hydrogen) atoms. The van der Waals surface area contributed by atoms with Crippen LogP contribution in [0.2, 0.25) is 10.2 Å². The second kappa shape index (κ2) is 9.59. The molecule has 0 saturated carbocycles. The van der Waals surface area contributed by atoms with Crippen LogP contribution in [-0.4, -0.2) is 31.3 Å². The lowest BCUT2D eigenvalue weighted by Gasteiger charge is -2.14. The van der Waals surface area contributed by atoms with Gasteiger partial charge in [0.2, 0.25) is 0 Å². The molecule has 0 spiro atoms. The Morgan fingerprint density at radius 1 is 1.15 bits per heavy atom. The van der Waals surface area contributed by atoms with E-state index in [-0.39, 0.29) is 0 Å². The van der Waals surface area contributed by atoms with Gasteiger partial charge in [0.1, 0.15) is 5.15 Å². The number of halogens is 2. The maximum absolute atomic E-state index is 6.09. The minimum absolute atomic E-state index is 0.521. The number of nitrogens with zero attached hydrogens (tertiary/aromatic N) is 2. The van der Waals surface area contributed by atoms with Crippen LogP contribution in [0.3, 0.4) is 0 Å². The first-order valence-electron chi connectivity index (χ1n) is 8.24. The van der Waals surface area contributed by atoms with Crippen LogP contribution in [0.4, 0.5) is 0 Å². The average molecular weight is 399 g/mol. The minimum atomic E-state index is 0.521. The smallest absolute Gasteiger partial charge is 0.191 e. The monoisotopic (exact) mass is 398 g/mol. The molecule has 0 radical (unpaired) electrons. The quantitative estimate of drug-likeness (QED) is 0.552. The molecule has 1 aromatic carbocycles. The predicted molar refractivity (Wildman–Crippen MR) is 107 cm³/mol. The second-order valence-corrected chi connectivity index (χ2v) is 6.30. The molecule has 0 unspecified atom stereocenters. The number of guanidine groups is 1. The highest BCUT2D eigenvalue weighted by Gasteiger charge is 2.10. The van der Waals surface area contributed by atoms with Crippen molar-refractivity contribution in [3.63, 3.8) is 0 Å². The van der Waals surface area contributed by atoms with Gasteiger partial charge in [0.05, 0.1) is 25.3 Å². The van der Waals surface area contributed by atoms with Crippen LogP contribution in [0.25, 0.3) is 0 Å². The molecular weight excluding hydrogens is 375 g/mol. The van der Waals surface area contributed by atoms with Gasteiger partial charge < -0.3 is 24.7 Å². The molecule has 0 amide bonds. The zero-order valence-corrected chi connectivity index (χ0v) is 16.9. The van der Waals surface area contributed by atoms with Crippen LogP contribution in [0.1, 0.15) is 18.2 Å². The molecule has 8 heteroatoms. The standard InChI is InChI=1S/C18H24Cl2N4O2/c1-5-26-16-8-12(6-7-15(16)25-4)10-22-18(21-2)23-11-13-9-14(19)17(20)24(13)3/h6-9H,5,10-11H2,1-4H3,(H2,21,22,23). The number of nitrogens with one attached hydrogen (secondary N) is 2. The Bertz CT molecular complexity index is 775. The van der Waals surface area contributed by atoms with E-state index in [1.165, 1.54) is 0 Å². The van der Waals surface area contributed by atoms with Gasteiger partial charge in [-0.15, -0.1) is 0 Å². The van der Waals surface area contributed by atoms with E-state index in [0.717, 1.165) is 22.8 Å². The molecule has 0 bridgehead atoms. The topological polar surface area (TPSA) is 59.8 Å². The first-order valence-corrected chi connectivity index (χ1v) is 8.99. The Hall–Kier alpha value is -2.05. The highest BCUT2D eigenvalue weighted by Crippen LogP contribution is 2.28. The fourth-order valence-corrected chi connectivity index (χ4v) is 2.85. The van der Waals surface area contributed by atoms with Gasteiger partial charge in [0, 0.05) is 26.3 Å². The van der Waals surface area contributed by atoms with Crippen LogP contribution in [-0.2, 0) is 20.1 Å². The number of aromatic nitrogens is 1. The normalized spacial score (nSPS) is 11.4. The summed E-state index contributed by atoms with van der Waals surface area (Å²) in [5.41, 5.74) is 2.02. The Kier molecular flexibility index (Phi) is 7.48. The van der Waals surface area contributed by atoms with Crippen molar-refractivity contribution >= 4 is 29.2 Å². The van der Waals surface area contributed by atoms with Gasteiger partial charge in [-0.1, -0.05) is 29.3 Å². The fourth-order valence-electron chi connectivity index (χ4n) is 2.44. The number of hydrogen-bond donors (Lipinski definition) is 2. The molecule has 0 fully saturated rings. The van der Waals surface area contributed by atoms with Crippen LogP contribution in [0.5, 0.6) is 11.5 Å². The van der Waals surface area contributed by atoms with Gasteiger partial charge in [0.15, 0.2) is 17.5 Å². The third-order valence-electron chi connectivity index (χ3n) is 3.86. The summed E-state index contributed by atoms with van der Waals surface area (Å²) < 4.78 is 12.7.